The number of aryl methyl sites for hydroxylation is 1. The molecule has 1 heterocycles. The molecular weight excluding hydrogens is 337 g/mol. The average Bonchev–Trinajstić information content (AvgIpc) is 3.00. The van der Waals surface area contributed by atoms with Crippen LogP contribution in [0.3, 0.4) is 0 Å². The first-order valence-electron chi connectivity index (χ1n) is 8.24. The second-order valence-electron chi connectivity index (χ2n) is 6.80. The summed E-state index contributed by atoms with van der Waals surface area (Å²) in [4.78, 5) is 15.9. The van der Waals surface area contributed by atoms with Crippen molar-refractivity contribution in [3.05, 3.63) is 48.6 Å². The number of carbonyl (C=O) groups is 1. The Morgan fingerprint density at radius 1 is 1.31 bits per heavy atom. The molecule has 7 heteroatoms. The normalized spacial score (nSPS) is 12.0. The zero-order valence-corrected chi connectivity index (χ0v) is 15.5. The minimum atomic E-state index is -0.602. The molecule has 2 aromatic rings. The number of rotatable bonds is 6. The molecule has 0 saturated heterocycles. The van der Waals surface area contributed by atoms with Crippen LogP contribution >= 0.6 is 0 Å². The lowest BCUT2D eigenvalue weighted by Crippen LogP contribution is -2.34. The Kier molecular flexibility index (Phi) is 6.38. The van der Waals surface area contributed by atoms with Crippen molar-refractivity contribution in [1.82, 2.24) is 14.9 Å². The summed E-state index contributed by atoms with van der Waals surface area (Å²) in [7, 11) is 1.92. The molecule has 0 saturated carbocycles. The summed E-state index contributed by atoms with van der Waals surface area (Å²) >= 11 is 0. The van der Waals surface area contributed by atoms with Gasteiger partial charge in [-0.3, -0.25) is 0 Å². The van der Waals surface area contributed by atoms with E-state index in [2.05, 4.69) is 10.3 Å². The number of carbonyl (C=O) groups excluding carboxylic acids is 1. The van der Waals surface area contributed by atoms with Crippen molar-refractivity contribution in [1.29, 1.82) is 0 Å². The van der Waals surface area contributed by atoms with Crippen LogP contribution in [0.1, 0.15) is 20.8 Å². The Labute approximate surface area is 152 Å². The van der Waals surface area contributed by atoms with Gasteiger partial charge in [0, 0.05) is 37.1 Å². The van der Waals surface area contributed by atoms with Gasteiger partial charge < -0.3 is 19.4 Å². The SMILES string of the molecule is Cn1ccnc1-c1ccc(OC/C(=C/F)CNC(=O)OC(C)(C)C)cc1. The lowest BCUT2D eigenvalue weighted by molar-refractivity contribution is 0.0531. The molecule has 26 heavy (non-hydrogen) atoms. The van der Waals surface area contributed by atoms with Crippen molar-refractivity contribution in [2.24, 2.45) is 7.05 Å². The van der Waals surface area contributed by atoms with Gasteiger partial charge in [-0.2, -0.15) is 0 Å². The number of benzene rings is 1. The zero-order chi connectivity index (χ0) is 19.2. The van der Waals surface area contributed by atoms with Gasteiger partial charge in [0.25, 0.3) is 0 Å². The maximum Gasteiger partial charge on any atom is 0.407 e. The molecule has 0 unspecified atom stereocenters. The average molecular weight is 361 g/mol. The number of amides is 1. The number of halogens is 1. The summed E-state index contributed by atoms with van der Waals surface area (Å²) in [5, 5.41) is 2.50. The van der Waals surface area contributed by atoms with Crippen LogP contribution in [0.15, 0.2) is 48.6 Å². The number of hydrogen-bond acceptors (Lipinski definition) is 4. The molecular formula is C19H24FN3O3. The molecule has 0 atom stereocenters. The van der Waals surface area contributed by atoms with Gasteiger partial charge in [-0.25, -0.2) is 14.2 Å². The number of ether oxygens (including phenoxy) is 2. The smallest absolute Gasteiger partial charge is 0.407 e. The Morgan fingerprint density at radius 2 is 2.00 bits per heavy atom. The summed E-state index contributed by atoms with van der Waals surface area (Å²) in [6, 6.07) is 7.35. The second-order valence-corrected chi connectivity index (χ2v) is 6.80. The predicted molar refractivity (Wildman–Crippen MR) is 97.6 cm³/mol. The fourth-order valence-corrected chi connectivity index (χ4v) is 2.14. The van der Waals surface area contributed by atoms with Gasteiger partial charge >= 0.3 is 6.09 Å². The van der Waals surface area contributed by atoms with E-state index in [0.29, 0.717) is 17.7 Å². The van der Waals surface area contributed by atoms with Crippen LogP contribution < -0.4 is 10.1 Å². The van der Waals surface area contributed by atoms with E-state index in [0.717, 1.165) is 11.4 Å². The van der Waals surface area contributed by atoms with Crippen LogP contribution in [0, 0.1) is 0 Å². The number of alkyl carbamates (subject to hydrolysis) is 1. The minimum absolute atomic E-state index is 0.0107. The summed E-state index contributed by atoms with van der Waals surface area (Å²) in [6.07, 6.45) is 3.43. The largest absolute Gasteiger partial charge is 0.489 e. The molecule has 1 aromatic carbocycles. The molecule has 1 aromatic heterocycles. The van der Waals surface area contributed by atoms with E-state index >= 15 is 0 Å². The van der Waals surface area contributed by atoms with Crippen molar-refractivity contribution in [3.63, 3.8) is 0 Å². The Bertz CT molecular complexity index is 761. The predicted octanol–water partition coefficient (Wildman–Crippen LogP) is 3.84. The molecule has 1 amide bonds. The molecule has 0 bridgehead atoms. The number of nitrogens with one attached hydrogen (secondary N) is 1. The standard InChI is InChI=1S/C19H24FN3O3/c1-19(2,3)26-18(24)22-12-14(11-20)13-25-16-7-5-15(6-8-16)17-21-9-10-23(17)4/h5-11H,12-13H2,1-4H3,(H,22,24)/b14-11+. The zero-order valence-electron chi connectivity index (χ0n) is 15.5. The van der Waals surface area contributed by atoms with E-state index < -0.39 is 11.7 Å². The summed E-state index contributed by atoms with van der Waals surface area (Å²) in [5.74, 6) is 1.45. The lowest BCUT2D eigenvalue weighted by Gasteiger charge is -2.20. The van der Waals surface area contributed by atoms with Crippen LogP contribution in [0.4, 0.5) is 9.18 Å². The fraction of sp³-hybridized carbons (Fsp3) is 0.368. The third-order valence-corrected chi connectivity index (χ3v) is 3.37. The van der Waals surface area contributed by atoms with Crippen molar-refractivity contribution < 1.29 is 18.7 Å². The molecule has 0 aliphatic rings. The van der Waals surface area contributed by atoms with Gasteiger partial charge in [0.15, 0.2) is 0 Å². The molecule has 0 radical (unpaired) electrons. The van der Waals surface area contributed by atoms with Gasteiger partial charge in [-0.05, 0) is 45.0 Å². The van der Waals surface area contributed by atoms with E-state index in [4.69, 9.17) is 9.47 Å². The summed E-state index contributed by atoms with van der Waals surface area (Å²) < 4.78 is 25.6. The van der Waals surface area contributed by atoms with E-state index in [1.165, 1.54) is 0 Å². The highest BCUT2D eigenvalue weighted by atomic mass is 19.1. The van der Waals surface area contributed by atoms with Gasteiger partial charge in [0.05, 0.1) is 6.33 Å². The summed E-state index contributed by atoms with van der Waals surface area (Å²) in [5.41, 5.74) is 0.650. The van der Waals surface area contributed by atoms with Gasteiger partial charge in [0.2, 0.25) is 0 Å². The van der Waals surface area contributed by atoms with E-state index in [1.54, 1.807) is 39.1 Å². The molecule has 1 N–H and O–H groups in total. The minimum Gasteiger partial charge on any atom is -0.489 e. The molecule has 2 rings (SSSR count). The number of aromatic nitrogens is 2. The first-order chi connectivity index (χ1) is 12.3. The topological polar surface area (TPSA) is 65.4 Å². The third kappa shape index (κ3) is 5.91. The fourth-order valence-electron chi connectivity index (χ4n) is 2.14. The Balaban J connectivity index is 1.85. The number of hydrogen-bond donors (Lipinski definition) is 1. The van der Waals surface area contributed by atoms with E-state index in [9.17, 15) is 9.18 Å². The van der Waals surface area contributed by atoms with Crippen LogP contribution in [-0.2, 0) is 11.8 Å². The van der Waals surface area contributed by atoms with Gasteiger partial charge in [-0.1, -0.05) is 0 Å². The highest BCUT2D eigenvalue weighted by molar-refractivity contribution is 5.68. The highest BCUT2D eigenvalue weighted by Crippen LogP contribution is 2.20. The highest BCUT2D eigenvalue weighted by Gasteiger charge is 2.16. The van der Waals surface area contributed by atoms with Crippen LogP contribution in [0.2, 0.25) is 0 Å². The molecule has 0 fully saturated rings. The Morgan fingerprint density at radius 3 is 2.54 bits per heavy atom. The van der Waals surface area contributed by atoms with Crippen LogP contribution in [-0.4, -0.2) is 34.4 Å². The van der Waals surface area contributed by atoms with Crippen molar-refractivity contribution in [3.8, 4) is 17.1 Å². The van der Waals surface area contributed by atoms with Gasteiger partial charge in [0.1, 0.15) is 23.8 Å². The molecule has 6 nitrogen and oxygen atoms in total. The third-order valence-electron chi connectivity index (χ3n) is 3.37. The molecule has 140 valence electrons. The monoisotopic (exact) mass is 361 g/mol. The van der Waals surface area contributed by atoms with Crippen molar-refractivity contribution in [2.75, 3.05) is 13.2 Å². The second kappa shape index (κ2) is 8.51. The van der Waals surface area contributed by atoms with Crippen LogP contribution in [0.25, 0.3) is 11.4 Å². The first-order valence-corrected chi connectivity index (χ1v) is 8.24. The maximum absolute atomic E-state index is 13.0. The summed E-state index contributed by atoms with van der Waals surface area (Å²) in [6.45, 7) is 5.31. The number of imidazole rings is 1. The van der Waals surface area contributed by atoms with Crippen molar-refractivity contribution >= 4 is 6.09 Å². The van der Waals surface area contributed by atoms with Crippen LogP contribution in [0.5, 0.6) is 5.75 Å². The molecule has 0 aliphatic carbocycles. The van der Waals surface area contributed by atoms with E-state index in [1.807, 2.05) is 29.9 Å². The number of nitrogens with zero attached hydrogens (tertiary/aromatic N) is 2. The van der Waals surface area contributed by atoms with E-state index in [-0.39, 0.29) is 13.2 Å². The quantitative estimate of drug-likeness (QED) is 0.849. The first kappa shape index (κ1) is 19.5. The molecule has 0 aliphatic heterocycles. The molecule has 0 spiro atoms. The maximum atomic E-state index is 13.0. The van der Waals surface area contributed by atoms with Crippen molar-refractivity contribution in [2.45, 2.75) is 26.4 Å². The van der Waals surface area contributed by atoms with Gasteiger partial charge in [-0.15, -0.1) is 0 Å². The lowest BCUT2D eigenvalue weighted by atomic mass is 10.2. The Hall–Kier alpha value is -2.83.